The molecule has 130 valence electrons. The van der Waals surface area contributed by atoms with Gasteiger partial charge in [0, 0.05) is 30.3 Å². The molecule has 6 heteroatoms. The van der Waals surface area contributed by atoms with E-state index in [1.165, 1.54) is 12.1 Å². The Labute approximate surface area is 144 Å². The Kier molecular flexibility index (Phi) is 4.53. The monoisotopic (exact) mass is 344 g/mol. The van der Waals surface area contributed by atoms with Gasteiger partial charge in [-0.1, -0.05) is 12.1 Å². The molecule has 2 aromatic rings. The van der Waals surface area contributed by atoms with Crippen LogP contribution < -0.4 is 10.6 Å². The summed E-state index contributed by atoms with van der Waals surface area (Å²) in [6.07, 6.45) is 0.516. The predicted molar refractivity (Wildman–Crippen MR) is 90.4 cm³/mol. The van der Waals surface area contributed by atoms with Crippen LogP contribution in [0.25, 0.3) is 0 Å². The van der Waals surface area contributed by atoms with Gasteiger partial charge in [0.15, 0.2) is 0 Å². The molecule has 1 aliphatic rings. The van der Waals surface area contributed by atoms with Crippen molar-refractivity contribution in [2.75, 3.05) is 12.4 Å². The summed E-state index contributed by atoms with van der Waals surface area (Å²) < 4.78 is 26.8. The first-order valence-corrected chi connectivity index (χ1v) is 8.00. The molecule has 0 spiro atoms. The molecule has 1 fully saturated rings. The fourth-order valence-electron chi connectivity index (χ4n) is 3.01. The van der Waals surface area contributed by atoms with E-state index < -0.39 is 11.6 Å². The molecule has 0 aliphatic heterocycles. The van der Waals surface area contributed by atoms with E-state index in [4.69, 9.17) is 0 Å². The third-order valence-corrected chi connectivity index (χ3v) is 4.55. The average Bonchev–Trinajstić information content (AvgIpc) is 3.36. The van der Waals surface area contributed by atoms with Crippen LogP contribution in [-0.2, 0) is 4.79 Å². The van der Waals surface area contributed by atoms with Crippen LogP contribution in [0.3, 0.4) is 0 Å². The standard InChI is InChI=1S/C19H18F2N2O2/c1-10-12(18(24)22-2)4-3-5-17(10)23-19(25)15-9-14(15)13-7-6-11(20)8-16(13)21/h3-8,14-15H,9H2,1-2H3,(H,22,24)(H,23,25). The lowest BCUT2D eigenvalue weighted by molar-refractivity contribution is -0.117. The van der Waals surface area contributed by atoms with E-state index in [0.29, 0.717) is 28.8 Å². The van der Waals surface area contributed by atoms with Crippen LogP contribution in [0.2, 0.25) is 0 Å². The van der Waals surface area contributed by atoms with Gasteiger partial charge >= 0.3 is 0 Å². The number of carbonyl (C=O) groups is 2. The highest BCUT2D eigenvalue weighted by Crippen LogP contribution is 2.49. The molecule has 0 heterocycles. The lowest BCUT2D eigenvalue weighted by Crippen LogP contribution is -2.21. The van der Waals surface area contributed by atoms with Gasteiger partial charge in [0.1, 0.15) is 11.6 Å². The number of amides is 2. The Balaban J connectivity index is 1.73. The van der Waals surface area contributed by atoms with Gasteiger partial charge in [-0.3, -0.25) is 9.59 Å². The van der Waals surface area contributed by atoms with Gasteiger partial charge in [-0.15, -0.1) is 0 Å². The first-order valence-electron chi connectivity index (χ1n) is 8.00. The van der Waals surface area contributed by atoms with Gasteiger partial charge in [-0.2, -0.15) is 0 Å². The summed E-state index contributed by atoms with van der Waals surface area (Å²) in [5, 5.41) is 5.36. The van der Waals surface area contributed by atoms with Gasteiger partial charge in [0.25, 0.3) is 5.91 Å². The van der Waals surface area contributed by atoms with E-state index in [-0.39, 0.29) is 23.7 Å². The molecule has 0 bridgehead atoms. The van der Waals surface area contributed by atoms with Crippen molar-refractivity contribution in [2.45, 2.75) is 19.3 Å². The molecule has 0 aromatic heterocycles. The number of nitrogens with one attached hydrogen (secondary N) is 2. The summed E-state index contributed by atoms with van der Waals surface area (Å²) in [4.78, 5) is 24.3. The van der Waals surface area contributed by atoms with Gasteiger partial charge in [0.2, 0.25) is 5.91 Å². The maximum absolute atomic E-state index is 13.8. The van der Waals surface area contributed by atoms with E-state index in [0.717, 1.165) is 6.07 Å². The zero-order valence-electron chi connectivity index (χ0n) is 13.9. The third-order valence-electron chi connectivity index (χ3n) is 4.55. The normalized spacial score (nSPS) is 18.6. The maximum atomic E-state index is 13.8. The zero-order valence-corrected chi connectivity index (χ0v) is 13.9. The van der Waals surface area contributed by atoms with Crippen molar-refractivity contribution in [3.63, 3.8) is 0 Å². The number of carbonyl (C=O) groups excluding carboxylic acids is 2. The summed E-state index contributed by atoms with van der Waals surface area (Å²) in [7, 11) is 1.54. The quantitative estimate of drug-likeness (QED) is 0.893. The highest BCUT2D eigenvalue weighted by Gasteiger charge is 2.45. The lowest BCUT2D eigenvalue weighted by atomic mass is 10.1. The second kappa shape index (κ2) is 6.63. The molecule has 0 radical (unpaired) electrons. The van der Waals surface area contributed by atoms with Crippen molar-refractivity contribution in [3.05, 3.63) is 64.7 Å². The van der Waals surface area contributed by atoms with Crippen molar-refractivity contribution in [2.24, 2.45) is 5.92 Å². The van der Waals surface area contributed by atoms with Crippen molar-refractivity contribution in [1.82, 2.24) is 5.32 Å². The smallest absolute Gasteiger partial charge is 0.251 e. The first-order chi connectivity index (χ1) is 11.9. The molecule has 2 aromatic carbocycles. The molecule has 0 saturated heterocycles. The van der Waals surface area contributed by atoms with Crippen LogP contribution in [-0.4, -0.2) is 18.9 Å². The first kappa shape index (κ1) is 17.1. The van der Waals surface area contributed by atoms with E-state index in [9.17, 15) is 18.4 Å². The SMILES string of the molecule is CNC(=O)c1cccc(NC(=O)C2CC2c2ccc(F)cc2F)c1C. The van der Waals surface area contributed by atoms with E-state index >= 15 is 0 Å². The number of rotatable bonds is 4. The lowest BCUT2D eigenvalue weighted by Gasteiger charge is -2.12. The largest absolute Gasteiger partial charge is 0.355 e. The Morgan fingerprint density at radius 1 is 1.16 bits per heavy atom. The van der Waals surface area contributed by atoms with Crippen LogP contribution >= 0.6 is 0 Å². The van der Waals surface area contributed by atoms with Gasteiger partial charge in [-0.25, -0.2) is 8.78 Å². The Bertz CT molecular complexity index is 851. The summed E-state index contributed by atoms with van der Waals surface area (Å²) in [6, 6.07) is 8.51. The van der Waals surface area contributed by atoms with Crippen LogP contribution in [0.1, 0.15) is 33.8 Å². The number of anilines is 1. The summed E-state index contributed by atoms with van der Waals surface area (Å²) >= 11 is 0. The highest BCUT2D eigenvalue weighted by atomic mass is 19.1. The Hall–Kier alpha value is -2.76. The van der Waals surface area contributed by atoms with Crippen LogP contribution in [0.15, 0.2) is 36.4 Å². The molecule has 2 N–H and O–H groups in total. The molecular formula is C19H18F2N2O2. The second-order valence-electron chi connectivity index (χ2n) is 6.16. The second-order valence-corrected chi connectivity index (χ2v) is 6.16. The van der Waals surface area contributed by atoms with Crippen LogP contribution in [0.4, 0.5) is 14.5 Å². The number of hydrogen-bond acceptors (Lipinski definition) is 2. The molecule has 2 amide bonds. The molecule has 25 heavy (non-hydrogen) atoms. The van der Waals surface area contributed by atoms with Crippen LogP contribution in [0.5, 0.6) is 0 Å². The van der Waals surface area contributed by atoms with Gasteiger partial charge in [0.05, 0.1) is 0 Å². The molecule has 2 unspecified atom stereocenters. The Morgan fingerprint density at radius 3 is 2.60 bits per heavy atom. The minimum atomic E-state index is -0.635. The minimum Gasteiger partial charge on any atom is -0.355 e. The van der Waals surface area contributed by atoms with E-state index in [1.54, 1.807) is 32.2 Å². The topological polar surface area (TPSA) is 58.2 Å². The van der Waals surface area contributed by atoms with Gasteiger partial charge in [-0.05, 0) is 48.6 Å². The Morgan fingerprint density at radius 2 is 1.92 bits per heavy atom. The number of halogens is 2. The van der Waals surface area contributed by atoms with Gasteiger partial charge < -0.3 is 10.6 Å². The fourth-order valence-corrected chi connectivity index (χ4v) is 3.01. The van der Waals surface area contributed by atoms with Crippen molar-refractivity contribution in [1.29, 1.82) is 0 Å². The summed E-state index contributed by atoms with van der Waals surface area (Å²) in [6.45, 7) is 1.75. The third kappa shape index (κ3) is 3.38. The summed E-state index contributed by atoms with van der Waals surface area (Å²) in [5.41, 5.74) is 2.06. The zero-order chi connectivity index (χ0) is 18.1. The molecule has 1 saturated carbocycles. The minimum absolute atomic E-state index is 0.230. The van der Waals surface area contributed by atoms with Crippen molar-refractivity contribution >= 4 is 17.5 Å². The summed E-state index contributed by atoms with van der Waals surface area (Å²) in [5.74, 6) is -2.33. The molecular weight excluding hydrogens is 326 g/mol. The number of benzene rings is 2. The van der Waals surface area contributed by atoms with Crippen molar-refractivity contribution < 1.29 is 18.4 Å². The molecule has 4 nitrogen and oxygen atoms in total. The fraction of sp³-hybridized carbons (Fsp3) is 0.263. The van der Waals surface area contributed by atoms with E-state index in [1.807, 2.05) is 0 Å². The number of hydrogen-bond donors (Lipinski definition) is 2. The predicted octanol–water partition coefficient (Wildman–Crippen LogP) is 3.38. The van der Waals surface area contributed by atoms with Crippen molar-refractivity contribution in [3.8, 4) is 0 Å². The molecule has 3 rings (SSSR count). The van der Waals surface area contributed by atoms with Crippen LogP contribution in [0, 0.1) is 24.5 Å². The highest BCUT2D eigenvalue weighted by molar-refractivity contribution is 6.00. The molecule has 2 atom stereocenters. The molecule has 1 aliphatic carbocycles. The average molecular weight is 344 g/mol. The van der Waals surface area contributed by atoms with E-state index in [2.05, 4.69) is 10.6 Å². The maximum Gasteiger partial charge on any atom is 0.251 e.